The molecule has 0 bridgehead atoms. The molecule has 8 nitrogen and oxygen atoms in total. The van der Waals surface area contributed by atoms with E-state index in [0.29, 0.717) is 23.5 Å². The lowest BCUT2D eigenvalue weighted by atomic mass is 10.0. The zero-order valence-corrected chi connectivity index (χ0v) is 19.8. The van der Waals surface area contributed by atoms with Crippen molar-refractivity contribution < 1.29 is 19.2 Å². The highest BCUT2D eigenvalue weighted by Crippen LogP contribution is 2.38. The topological polar surface area (TPSA) is 102 Å². The number of hydrogen-bond acceptors (Lipinski definition) is 7. The van der Waals surface area contributed by atoms with Crippen LogP contribution in [-0.4, -0.2) is 34.9 Å². The van der Waals surface area contributed by atoms with Crippen LogP contribution >= 0.6 is 11.3 Å². The summed E-state index contributed by atoms with van der Waals surface area (Å²) >= 11 is 1.36. The number of nitrogens with zero attached hydrogens (tertiary/aromatic N) is 2. The summed E-state index contributed by atoms with van der Waals surface area (Å²) in [5, 5.41) is 14.5. The molecule has 0 spiro atoms. The van der Waals surface area contributed by atoms with Gasteiger partial charge in [-0.1, -0.05) is 36.4 Å². The maximum Gasteiger partial charge on any atom is 0.341 e. The van der Waals surface area contributed by atoms with Gasteiger partial charge in [-0.3, -0.25) is 19.8 Å². The summed E-state index contributed by atoms with van der Waals surface area (Å²) in [7, 11) is 0. The van der Waals surface area contributed by atoms with Gasteiger partial charge < -0.3 is 10.1 Å². The molecule has 176 valence electrons. The minimum Gasteiger partial charge on any atom is -0.462 e. The van der Waals surface area contributed by atoms with E-state index in [4.69, 9.17) is 4.74 Å². The second kappa shape index (κ2) is 10.1. The average molecular weight is 480 g/mol. The van der Waals surface area contributed by atoms with Crippen LogP contribution in [0.15, 0.2) is 48.5 Å². The Kier molecular flexibility index (Phi) is 7.04. The van der Waals surface area contributed by atoms with Crippen molar-refractivity contribution in [1.29, 1.82) is 0 Å². The number of nitro benzene ring substituents is 1. The lowest BCUT2D eigenvalue weighted by molar-refractivity contribution is -0.385. The maximum absolute atomic E-state index is 13.1. The Morgan fingerprint density at radius 3 is 2.65 bits per heavy atom. The molecule has 0 atom stereocenters. The van der Waals surface area contributed by atoms with Crippen molar-refractivity contribution in [3.05, 3.63) is 91.3 Å². The molecule has 1 aliphatic heterocycles. The number of nitro groups is 1. The molecule has 9 heteroatoms. The molecule has 0 saturated heterocycles. The van der Waals surface area contributed by atoms with Crippen molar-refractivity contribution in [2.45, 2.75) is 33.4 Å². The van der Waals surface area contributed by atoms with Gasteiger partial charge in [0.25, 0.3) is 11.6 Å². The fourth-order valence-corrected chi connectivity index (χ4v) is 5.45. The van der Waals surface area contributed by atoms with Gasteiger partial charge in [-0.15, -0.1) is 11.3 Å². The van der Waals surface area contributed by atoms with Crippen molar-refractivity contribution in [2.75, 3.05) is 18.5 Å². The molecule has 1 aromatic heterocycles. The molecule has 4 rings (SSSR count). The van der Waals surface area contributed by atoms with Crippen molar-refractivity contribution >= 4 is 33.9 Å². The third kappa shape index (κ3) is 4.85. The first-order valence-electron chi connectivity index (χ1n) is 11.0. The number of carbonyl (C=O) groups excluding carboxylic acids is 2. The average Bonchev–Trinajstić information content (AvgIpc) is 3.16. The summed E-state index contributed by atoms with van der Waals surface area (Å²) in [6.45, 7) is 5.74. The Labute approximate surface area is 201 Å². The quantitative estimate of drug-likeness (QED) is 0.292. The Bertz CT molecular complexity index is 1240. The van der Waals surface area contributed by atoms with Crippen LogP contribution in [0.2, 0.25) is 0 Å². The summed E-state index contributed by atoms with van der Waals surface area (Å²) < 4.78 is 5.29. The third-order valence-electron chi connectivity index (χ3n) is 5.84. The molecule has 0 aliphatic carbocycles. The van der Waals surface area contributed by atoms with E-state index >= 15 is 0 Å². The number of rotatable bonds is 7. The molecule has 1 aliphatic rings. The number of carbonyl (C=O) groups is 2. The molecule has 2 heterocycles. The SMILES string of the molecule is CCOC(=O)c1c(NC(=O)c2cccc([N+](=O)[O-])c2C)sc2c1CCN(Cc1ccccc1)C2. The summed E-state index contributed by atoms with van der Waals surface area (Å²) in [6.07, 6.45) is 0.665. The van der Waals surface area contributed by atoms with Crippen molar-refractivity contribution in [3.63, 3.8) is 0 Å². The number of amides is 1. The van der Waals surface area contributed by atoms with Crippen LogP contribution in [0.3, 0.4) is 0 Å². The van der Waals surface area contributed by atoms with Gasteiger partial charge in [0.05, 0.1) is 17.1 Å². The Morgan fingerprint density at radius 1 is 1.18 bits per heavy atom. The van der Waals surface area contributed by atoms with Gasteiger partial charge in [-0.05, 0) is 37.5 Å². The Hall–Kier alpha value is -3.56. The molecule has 0 radical (unpaired) electrons. The van der Waals surface area contributed by atoms with Gasteiger partial charge in [0.2, 0.25) is 0 Å². The predicted octanol–water partition coefficient (Wildman–Crippen LogP) is 4.95. The first-order chi connectivity index (χ1) is 16.4. The number of ether oxygens (including phenoxy) is 1. The molecule has 1 N–H and O–H groups in total. The van der Waals surface area contributed by atoms with Crippen LogP contribution in [0.1, 0.15) is 49.2 Å². The van der Waals surface area contributed by atoms with E-state index in [-0.39, 0.29) is 23.4 Å². The smallest absolute Gasteiger partial charge is 0.341 e. The van der Waals surface area contributed by atoms with Gasteiger partial charge in [0.15, 0.2) is 0 Å². The van der Waals surface area contributed by atoms with Gasteiger partial charge in [0, 0.05) is 41.7 Å². The summed E-state index contributed by atoms with van der Waals surface area (Å²) in [5.41, 5.74) is 2.85. The number of benzene rings is 2. The maximum atomic E-state index is 13.1. The van der Waals surface area contributed by atoms with Gasteiger partial charge in [0.1, 0.15) is 5.00 Å². The second-order valence-corrected chi connectivity index (χ2v) is 9.14. The van der Waals surface area contributed by atoms with E-state index < -0.39 is 16.8 Å². The molecular weight excluding hydrogens is 454 g/mol. The molecule has 3 aromatic rings. The van der Waals surface area contributed by atoms with Gasteiger partial charge in [-0.2, -0.15) is 0 Å². The highest BCUT2D eigenvalue weighted by Gasteiger charge is 2.30. The van der Waals surface area contributed by atoms with Crippen molar-refractivity contribution in [2.24, 2.45) is 0 Å². The molecular formula is C25H25N3O5S. The van der Waals surface area contributed by atoms with E-state index in [1.165, 1.54) is 35.1 Å². The number of thiophene rings is 1. The largest absolute Gasteiger partial charge is 0.462 e. The summed E-state index contributed by atoms with van der Waals surface area (Å²) in [5.74, 6) is -0.964. The van der Waals surface area contributed by atoms with Crippen molar-refractivity contribution in [3.8, 4) is 0 Å². The van der Waals surface area contributed by atoms with E-state index in [0.717, 1.165) is 23.5 Å². The van der Waals surface area contributed by atoms with E-state index in [1.54, 1.807) is 13.8 Å². The number of fused-ring (bicyclic) bond motifs is 1. The van der Waals surface area contributed by atoms with Crippen LogP contribution in [0, 0.1) is 17.0 Å². The third-order valence-corrected chi connectivity index (χ3v) is 6.97. The van der Waals surface area contributed by atoms with Crippen LogP contribution < -0.4 is 5.32 Å². The minimum absolute atomic E-state index is 0.125. The monoisotopic (exact) mass is 479 g/mol. The van der Waals surface area contributed by atoms with Gasteiger partial charge in [-0.25, -0.2) is 4.79 Å². The summed E-state index contributed by atoms with van der Waals surface area (Å²) in [4.78, 5) is 40.0. The predicted molar refractivity (Wildman–Crippen MR) is 130 cm³/mol. The first-order valence-corrected chi connectivity index (χ1v) is 11.8. The van der Waals surface area contributed by atoms with E-state index in [9.17, 15) is 19.7 Å². The van der Waals surface area contributed by atoms with Crippen molar-refractivity contribution in [1.82, 2.24) is 4.90 Å². The lowest BCUT2D eigenvalue weighted by Gasteiger charge is -2.27. The zero-order chi connectivity index (χ0) is 24.2. The first kappa shape index (κ1) is 23.6. The Morgan fingerprint density at radius 2 is 1.94 bits per heavy atom. The van der Waals surface area contributed by atoms with Crippen LogP contribution in [0.25, 0.3) is 0 Å². The van der Waals surface area contributed by atoms with E-state index in [1.807, 2.05) is 18.2 Å². The van der Waals surface area contributed by atoms with Gasteiger partial charge >= 0.3 is 5.97 Å². The lowest BCUT2D eigenvalue weighted by Crippen LogP contribution is -2.29. The fraction of sp³-hybridized carbons (Fsp3) is 0.280. The standard InChI is InChI=1S/C25H25N3O5S/c1-3-33-25(30)22-19-12-13-27(14-17-8-5-4-6-9-17)15-21(19)34-24(22)26-23(29)18-10-7-11-20(16(18)2)28(31)32/h4-11H,3,12-15H2,1-2H3,(H,26,29). The zero-order valence-electron chi connectivity index (χ0n) is 19.0. The molecule has 0 unspecified atom stereocenters. The second-order valence-electron chi connectivity index (χ2n) is 8.04. The Balaban J connectivity index is 1.63. The van der Waals surface area contributed by atoms with Crippen LogP contribution in [-0.2, 0) is 24.2 Å². The molecule has 2 aromatic carbocycles. The minimum atomic E-state index is -0.513. The number of nitrogens with one attached hydrogen (secondary N) is 1. The fourth-order valence-electron chi connectivity index (χ4n) is 4.18. The highest BCUT2D eigenvalue weighted by atomic mass is 32.1. The highest BCUT2D eigenvalue weighted by molar-refractivity contribution is 7.17. The van der Waals surface area contributed by atoms with Crippen LogP contribution in [0.5, 0.6) is 0 Å². The molecule has 34 heavy (non-hydrogen) atoms. The molecule has 0 saturated carbocycles. The number of anilines is 1. The van der Waals surface area contributed by atoms with E-state index in [2.05, 4.69) is 22.3 Å². The number of hydrogen-bond donors (Lipinski definition) is 1. The molecule has 1 amide bonds. The molecule has 0 fully saturated rings. The normalized spacial score (nSPS) is 13.2. The summed E-state index contributed by atoms with van der Waals surface area (Å²) in [6, 6.07) is 14.6. The number of esters is 1. The van der Waals surface area contributed by atoms with Crippen LogP contribution in [0.4, 0.5) is 10.7 Å².